The molecule has 0 saturated heterocycles. The van der Waals surface area contributed by atoms with Crippen molar-refractivity contribution in [2.24, 2.45) is 0 Å². The van der Waals surface area contributed by atoms with Gasteiger partial charge in [-0.05, 0) is 55.3 Å². The minimum absolute atomic E-state index is 0.0767. The van der Waals surface area contributed by atoms with E-state index in [1.54, 1.807) is 48.7 Å². The Morgan fingerprint density at radius 1 is 1.03 bits per heavy atom. The van der Waals surface area contributed by atoms with Crippen molar-refractivity contribution in [3.8, 4) is 5.75 Å². The predicted molar refractivity (Wildman–Crippen MR) is 126 cm³/mol. The Hall–Kier alpha value is -3.84. The van der Waals surface area contributed by atoms with E-state index in [1.807, 2.05) is 26.0 Å². The standard InChI is InChI=1S/C24H21ClN4O3/c1-15-7-10-22-26-18(12-23(30)29(22)13-15)14-32-21-6-4-3-5-19(21)27-24(31)28-20-11-17(25)9-8-16(20)2/h3-13H,14H2,1-2H3,(H2,27,28,31). The maximum atomic E-state index is 12.5. The summed E-state index contributed by atoms with van der Waals surface area (Å²) in [5.41, 5.74) is 3.81. The summed E-state index contributed by atoms with van der Waals surface area (Å²) in [5, 5.41) is 6.10. The highest BCUT2D eigenvalue weighted by Crippen LogP contribution is 2.26. The lowest BCUT2D eigenvalue weighted by atomic mass is 10.2. The van der Waals surface area contributed by atoms with E-state index in [9.17, 15) is 9.59 Å². The Kier molecular flexibility index (Phi) is 6.09. The Morgan fingerprint density at radius 2 is 1.81 bits per heavy atom. The van der Waals surface area contributed by atoms with Crippen LogP contribution in [0.15, 0.2) is 71.7 Å². The summed E-state index contributed by atoms with van der Waals surface area (Å²) < 4.78 is 7.37. The van der Waals surface area contributed by atoms with Crippen molar-refractivity contribution in [1.29, 1.82) is 0 Å². The van der Waals surface area contributed by atoms with Crippen molar-refractivity contribution in [2.75, 3.05) is 10.6 Å². The first kappa shape index (κ1) is 21.4. The van der Waals surface area contributed by atoms with E-state index in [4.69, 9.17) is 16.3 Å². The normalized spacial score (nSPS) is 10.7. The van der Waals surface area contributed by atoms with Crippen molar-refractivity contribution >= 4 is 34.7 Å². The average molecular weight is 449 g/mol. The van der Waals surface area contributed by atoms with Crippen molar-refractivity contribution in [3.05, 3.63) is 99.1 Å². The molecule has 0 saturated carbocycles. The Morgan fingerprint density at radius 3 is 2.66 bits per heavy atom. The zero-order valence-corrected chi connectivity index (χ0v) is 18.3. The molecule has 2 heterocycles. The summed E-state index contributed by atoms with van der Waals surface area (Å²) in [6, 6.07) is 17.0. The summed E-state index contributed by atoms with van der Waals surface area (Å²) in [6.45, 7) is 3.87. The smallest absolute Gasteiger partial charge is 0.323 e. The first-order valence-corrected chi connectivity index (χ1v) is 10.3. The third-order valence-corrected chi connectivity index (χ3v) is 5.05. The number of pyridine rings is 1. The van der Waals surface area contributed by atoms with Gasteiger partial charge in [0, 0.05) is 23.0 Å². The van der Waals surface area contributed by atoms with Gasteiger partial charge < -0.3 is 15.4 Å². The summed E-state index contributed by atoms with van der Waals surface area (Å²) in [7, 11) is 0. The van der Waals surface area contributed by atoms with E-state index in [-0.39, 0.29) is 12.2 Å². The van der Waals surface area contributed by atoms with Crippen LogP contribution in [-0.4, -0.2) is 15.4 Å². The van der Waals surface area contributed by atoms with Crippen LogP contribution in [0, 0.1) is 13.8 Å². The molecule has 0 fully saturated rings. The predicted octanol–water partition coefficient (Wildman–Crippen LogP) is 5.19. The van der Waals surface area contributed by atoms with Crippen LogP contribution < -0.4 is 20.9 Å². The van der Waals surface area contributed by atoms with Crippen LogP contribution in [0.1, 0.15) is 16.8 Å². The lowest BCUT2D eigenvalue weighted by Crippen LogP contribution is -2.20. The fourth-order valence-corrected chi connectivity index (χ4v) is 3.36. The number of amides is 2. The average Bonchev–Trinajstić information content (AvgIpc) is 2.76. The van der Waals surface area contributed by atoms with Crippen LogP contribution in [-0.2, 0) is 6.61 Å². The molecule has 0 unspecified atom stereocenters. The molecular weight excluding hydrogens is 428 g/mol. The molecule has 0 aliphatic carbocycles. The number of carbonyl (C=O) groups is 1. The lowest BCUT2D eigenvalue weighted by molar-refractivity contribution is 0.261. The summed E-state index contributed by atoms with van der Waals surface area (Å²) in [5.74, 6) is 0.455. The zero-order chi connectivity index (χ0) is 22.7. The second-order valence-corrected chi connectivity index (χ2v) is 7.78. The quantitative estimate of drug-likeness (QED) is 0.440. The van der Waals surface area contributed by atoms with Gasteiger partial charge in [0.2, 0.25) is 0 Å². The van der Waals surface area contributed by atoms with Crippen LogP contribution in [0.2, 0.25) is 5.02 Å². The fourth-order valence-electron chi connectivity index (χ4n) is 3.18. The summed E-state index contributed by atoms with van der Waals surface area (Å²) in [6.07, 6.45) is 1.74. The van der Waals surface area contributed by atoms with E-state index in [0.717, 1.165) is 11.1 Å². The number of para-hydroxylation sites is 2. The van der Waals surface area contributed by atoms with E-state index in [1.165, 1.54) is 10.5 Å². The molecule has 0 bridgehead atoms. The number of hydrogen-bond acceptors (Lipinski definition) is 4. The zero-order valence-electron chi connectivity index (χ0n) is 17.6. The van der Waals surface area contributed by atoms with Crippen molar-refractivity contribution in [1.82, 2.24) is 9.38 Å². The van der Waals surface area contributed by atoms with E-state index in [2.05, 4.69) is 15.6 Å². The van der Waals surface area contributed by atoms with Gasteiger partial charge in [0.05, 0.1) is 11.4 Å². The number of urea groups is 1. The molecule has 162 valence electrons. The minimum Gasteiger partial charge on any atom is -0.485 e. The summed E-state index contributed by atoms with van der Waals surface area (Å²) in [4.78, 5) is 29.4. The van der Waals surface area contributed by atoms with Gasteiger partial charge in [-0.1, -0.05) is 35.9 Å². The van der Waals surface area contributed by atoms with Crippen LogP contribution in [0.25, 0.3) is 5.65 Å². The molecule has 4 aromatic rings. The van der Waals surface area contributed by atoms with Crippen molar-refractivity contribution < 1.29 is 9.53 Å². The van der Waals surface area contributed by atoms with Gasteiger partial charge in [0.15, 0.2) is 0 Å². The molecule has 32 heavy (non-hydrogen) atoms. The number of nitrogens with one attached hydrogen (secondary N) is 2. The van der Waals surface area contributed by atoms with Crippen LogP contribution >= 0.6 is 11.6 Å². The van der Waals surface area contributed by atoms with Crippen LogP contribution in [0.3, 0.4) is 0 Å². The van der Waals surface area contributed by atoms with E-state index >= 15 is 0 Å². The molecule has 2 N–H and O–H groups in total. The van der Waals surface area contributed by atoms with Gasteiger partial charge in [0.25, 0.3) is 5.56 Å². The second kappa shape index (κ2) is 9.11. The fraction of sp³-hybridized carbons (Fsp3) is 0.125. The first-order valence-electron chi connectivity index (χ1n) is 9.94. The monoisotopic (exact) mass is 448 g/mol. The van der Waals surface area contributed by atoms with E-state index < -0.39 is 6.03 Å². The van der Waals surface area contributed by atoms with Crippen molar-refractivity contribution in [2.45, 2.75) is 20.5 Å². The van der Waals surface area contributed by atoms with Gasteiger partial charge in [-0.3, -0.25) is 9.20 Å². The van der Waals surface area contributed by atoms with Gasteiger partial charge >= 0.3 is 6.03 Å². The SMILES string of the molecule is Cc1ccc2nc(COc3ccccc3NC(=O)Nc3cc(Cl)ccc3C)cc(=O)n2c1. The maximum absolute atomic E-state index is 12.5. The largest absolute Gasteiger partial charge is 0.485 e. The molecular formula is C24H21ClN4O3. The Bertz CT molecular complexity index is 1370. The van der Waals surface area contributed by atoms with Gasteiger partial charge in [-0.15, -0.1) is 0 Å². The molecule has 7 nitrogen and oxygen atoms in total. The number of aromatic nitrogens is 2. The van der Waals surface area contributed by atoms with Crippen LogP contribution in [0.4, 0.5) is 16.2 Å². The van der Waals surface area contributed by atoms with Gasteiger partial charge in [-0.25, -0.2) is 9.78 Å². The third kappa shape index (κ3) is 4.90. The Balaban J connectivity index is 1.48. The number of benzene rings is 2. The number of carbonyl (C=O) groups excluding carboxylic acids is 1. The molecule has 4 rings (SSSR count). The second-order valence-electron chi connectivity index (χ2n) is 7.34. The van der Waals surface area contributed by atoms with Gasteiger partial charge in [0.1, 0.15) is 18.0 Å². The maximum Gasteiger partial charge on any atom is 0.323 e. The number of halogens is 1. The molecule has 0 aliphatic rings. The van der Waals surface area contributed by atoms with Crippen LogP contribution in [0.5, 0.6) is 5.75 Å². The topological polar surface area (TPSA) is 84.7 Å². The number of fused-ring (bicyclic) bond motifs is 1. The highest BCUT2D eigenvalue weighted by Gasteiger charge is 2.11. The van der Waals surface area contributed by atoms with Gasteiger partial charge in [-0.2, -0.15) is 0 Å². The number of ether oxygens (including phenoxy) is 1. The summed E-state index contributed by atoms with van der Waals surface area (Å²) >= 11 is 6.02. The molecule has 0 radical (unpaired) electrons. The number of aryl methyl sites for hydroxylation is 2. The molecule has 2 amide bonds. The molecule has 2 aromatic heterocycles. The highest BCUT2D eigenvalue weighted by molar-refractivity contribution is 6.31. The Labute approximate surface area is 189 Å². The number of nitrogens with zero attached hydrogens (tertiary/aromatic N) is 2. The third-order valence-electron chi connectivity index (χ3n) is 4.82. The first-order chi connectivity index (χ1) is 15.4. The number of rotatable bonds is 5. The minimum atomic E-state index is -0.427. The molecule has 0 aliphatic heterocycles. The molecule has 2 aromatic carbocycles. The van der Waals surface area contributed by atoms with E-state index in [0.29, 0.717) is 33.5 Å². The molecule has 8 heteroatoms. The lowest BCUT2D eigenvalue weighted by Gasteiger charge is -2.14. The molecule has 0 spiro atoms. The highest BCUT2D eigenvalue weighted by atomic mass is 35.5. The number of hydrogen-bond donors (Lipinski definition) is 2. The van der Waals surface area contributed by atoms with Crippen molar-refractivity contribution in [3.63, 3.8) is 0 Å². The molecule has 0 atom stereocenters. The number of anilines is 2.